The van der Waals surface area contributed by atoms with Crippen LogP contribution >= 0.6 is 11.3 Å². The van der Waals surface area contributed by atoms with Crippen molar-refractivity contribution < 1.29 is 9.59 Å². The molecule has 140 valence electrons. The van der Waals surface area contributed by atoms with Gasteiger partial charge in [-0.3, -0.25) is 9.59 Å². The molecule has 0 radical (unpaired) electrons. The van der Waals surface area contributed by atoms with E-state index in [1.807, 2.05) is 4.90 Å². The van der Waals surface area contributed by atoms with Crippen LogP contribution in [-0.2, 0) is 9.59 Å². The number of aromatic nitrogens is 2. The highest BCUT2D eigenvalue weighted by Gasteiger charge is 2.28. The summed E-state index contributed by atoms with van der Waals surface area (Å²) in [4.78, 5) is 27.7. The van der Waals surface area contributed by atoms with E-state index in [1.54, 1.807) is 11.3 Å². The van der Waals surface area contributed by atoms with E-state index in [2.05, 4.69) is 25.6 Å². The van der Waals surface area contributed by atoms with Crippen molar-refractivity contribution in [1.82, 2.24) is 20.5 Å². The summed E-state index contributed by atoms with van der Waals surface area (Å²) in [6.45, 7) is 2.80. The molecule has 1 aromatic heterocycles. The molecule has 3 heterocycles. The zero-order valence-corrected chi connectivity index (χ0v) is 15.6. The Morgan fingerprint density at radius 2 is 1.81 bits per heavy atom. The Labute approximate surface area is 156 Å². The van der Waals surface area contributed by atoms with E-state index in [4.69, 9.17) is 0 Å². The van der Waals surface area contributed by atoms with Gasteiger partial charge in [0.05, 0.1) is 0 Å². The Balaban J connectivity index is 1.33. The second-order valence-electron chi connectivity index (χ2n) is 7.13. The molecule has 0 aromatic carbocycles. The van der Waals surface area contributed by atoms with Crippen LogP contribution in [0.2, 0.25) is 0 Å². The lowest BCUT2D eigenvalue weighted by molar-refractivity contribution is -0.124. The average Bonchev–Trinajstić information content (AvgIpc) is 3.19. The highest BCUT2D eigenvalue weighted by atomic mass is 32.1. The minimum Gasteiger partial charge on any atom is -0.343 e. The number of carbonyl (C=O) groups is 2. The molecule has 4 rings (SSSR count). The van der Waals surface area contributed by atoms with Crippen molar-refractivity contribution >= 4 is 34.0 Å². The second kappa shape index (κ2) is 7.69. The molecule has 2 aliphatic heterocycles. The minimum atomic E-state index is -0.128. The standard InChI is InChI=1S/C17H24N6O2S/c24-14-7-6-13(18-19-14)16(25)22-8-10-23(11-9-22)17-21-20-15(26-17)12-4-2-1-3-5-12/h12H,1-11H2,(H,19,24). The zero-order chi connectivity index (χ0) is 17.9. The Hall–Kier alpha value is -2.03. The van der Waals surface area contributed by atoms with Gasteiger partial charge in [-0.05, 0) is 12.8 Å². The number of rotatable bonds is 3. The van der Waals surface area contributed by atoms with E-state index in [0.717, 1.165) is 18.2 Å². The van der Waals surface area contributed by atoms with Crippen LogP contribution in [0.15, 0.2) is 5.10 Å². The van der Waals surface area contributed by atoms with Crippen LogP contribution in [-0.4, -0.2) is 58.8 Å². The SMILES string of the molecule is O=C1CCC(C(=O)N2CCN(c3nnc(C4CCCCC4)s3)CC2)=NN1. The van der Waals surface area contributed by atoms with Gasteiger partial charge in [-0.15, -0.1) is 10.2 Å². The van der Waals surface area contributed by atoms with E-state index in [0.29, 0.717) is 37.6 Å². The highest BCUT2D eigenvalue weighted by molar-refractivity contribution is 7.15. The monoisotopic (exact) mass is 376 g/mol. The molecule has 1 aromatic rings. The summed E-state index contributed by atoms with van der Waals surface area (Å²) in [5.74, 6) is 0.388. The van der Waals surface area contributed by atoms with E-state index in [9.17, 15) is 9.59 Å². The summed E-state index contributed by atoms with van der Waals surface area (Å²) in [6, 6.07) is 0. The number of hydrogen-bond acceptors (Lipinski definition) is 7. The first-order valence-electron chi connectivity index (χ1n) is 9.44. The smallest absolute Gasteiger partial charge is 0.270 e. The first-order valence-corrected chi connectivity index (χ1v) is 10.3. The van der Waals surface area contributed by atoms with Crippen molar-refractivity contribution in [2.24, 2.45) is 5.10 Å². The Bertz CT molecular complexity index is 704. The number of anilines is 1. The van der Waals surface area contributed by atoms with Gasteiger partial charge < -0.3 is 9.80 Å². The Kier molecular flexibility index (Phi) is 5.14. The molecule has 9 heteroatoms. The van der Waals surface area contributed by atoms with Crippen LogP contribution in [0.5, 0.6) is 0 Å². The first kappa shape index (κ1) is 17.4. The third-order valence-corrected chi connectivity index (χ3v) is 6.52. The lowest BCUT2D eigenvalue weighted by Crippen LogP contribution is -2.51. The number of piperazine rings is 1. The second-order valence-corrected chi connectivity index (χ2v) is 8.12. The molecule has 0 atom stereocenters. The maximum atomic E-state index is 12.5. The maximum absolute atomic E-state index is 12.5. The normalized spacial score (nSPS) is 22.2. The maximum Gasteiger partial charge on any atom is 0.270 e. The van der Waals surface area contributed by atoms with Crippen molar-refractivity contribution in [1.29, 1.82) is 0 Å². The lowest BCUT2D eigenvalue weighted by Gasteiger charge is -2.34. The molecule has 2 fully saturated rings. The van der Waals surface area contributed by atoms with Gasteiger partial charge in [0.15, 0.2) is 0 Å². The lowest BCUT2D eigenvalue weighted by atomic mass is 9.90. The van der Waals surface area contributed by atoms with Gasteiger partial charge in [0.2, 0.25) is 11.0 Å². The van der Waals surface area contributed by atoms with Crippen LogP contribution in [0.1, 0.15) is 55.9 Å². The topological polar surface area (TPSA) is 90.8 Å². The van der Waals surface area contributed by atoms with Crippen LogP contribution in [0.3, 0.4) is 0 Å². The van der Waals surface area contributed by atoms with Gasteiger partial charge in [0.1, 0.15) is 10.7 Å². The molecule has 1 aliphatic carbocycles. The van der Waals surface area contributed by atoms with Crippen LogP contribution in [0.4, 0.5) is 5.13 Å². The summed E-state index contributed by atoms with van der Waals surface area (Å²) >= 11 is 1.71. The molecule has 26 heavy (non-hydrogen) atoms. The number of nitrogens with zero attached hydrogens (tertiary/aromatic N) is 5. The molecule has 0 spiro atoms. The fourth-order valence-corrected chi connectivity index (χ4v) is 4.84. The summed E-state index contributed by atoms with van der Waals surface area (Å²) < 4.78 is 0. The fraction of sp³-hybridized carbons (Fsp3) is 0.706. The van der Waals surface area contributed by atoms with E-state index < -0.39 is 0 Å². The molecule has 0 unspecified atom stereocenters. The predicted octanol–water partition coefficient (Wildman–Crippen LogP) is 1.50. The fourth-order valence-electron chi connectivity index (χ4n) is 3.78. The predicted molar refractivity (Wildman–Crippen MR) is 99.3 cm³/mol. The third-order valence-electron chi connectivity index (χ3n) is 5.37. The molecule has 1 N–H and O–H groups in total. The van der Waals surface area contributed by atoms with Gasteiger partial charge in [-0.2, -0.15) is 5.10 Å². The molecular formula is C17H24N6O2S. The van der Waals surface area contributed by atoms with Crippen LogP contribution < -0.4 is 10.3 Å². The van der Waals surface area contributed by atoms with Crippen LogP contribution in [0.25, 0.3) is 0 Å². The first-order chi connectivity index (χ1) is 12.7. The highest BCUT2D eigenvalue weighted by Crippen LogP contribution is 2.36. The average molecular weight is 376 g/mol. The van der Waals surface area contributed by atoms with E-state index in [-0.39, 0.29) is 11.8 Å². The number of hydrazone groups is 1. The number of amides is 2. The van der Waals surface area contributed by atoms with Gasteiger partial charge >= 0.3 is 0 Å². The Morgan fingerprint density at radius 3 is 2.50 bits per heavy atom. The number of carbonyl (C=O) groups excluding carboxylic acids is 2. The summed E-state index contributed by atoms with van der Waals surface area (Å²) in [5.41, 5.74) is 2.85. The summed E-state index contributed by atoms with van der Waals surface area (Å²) in [7, 11) is 0. The quantitative estimate of drug-likeness (QED) is 0.863. The van der Waals surface area contributed by atoms with Crippen LogP contribution in [0, 0.1) is 0 Å². The van der Waals surface area contributed by atoms with E-state index in [1.165, 1.54) is 37.1 Å². The molecule has 0 bridgehead atoms. The van der Waals surface area contributed by atoms with Crippen molar-refractivity contribution in [3.63, 3.8) is 0 Å². The zero-order valence-electron chi connectivity index (χ0n) is 14.8. The van der Waals surface area contributed by atoms with Gasteiger partial charge in [0.25, 0.3) is 5.91 Å². The Morgan fingerprint density at radius 1 is 1.04 bits per heavy atom. The number of hydrogen-bond donors (Lipinski definition) is 1. The largest absolute Gasteiger partial charge is 0.343 e. The number of nitrogens with one attached hydrogen (secondary N) is 1. The van der Waals surface area contributed by atoms with Gasteiger partial charge in [-0.25, -0.2) is 5.43 Å². The molecule has 1 saturated carbocycles. The molecule has 1 saturated heterocycles. The molecule has 2 amide bonds. The summed E-state index contributed by atoms with van der Waals surface area (Å²) in [5, 5.41) is 14.9. The molecular weight excluding hydrogens is 352 g/mol. The van der Waals surface area contributed by atoms with Crippen molar-refractivity contribution in [3.05, 3.63) is 5.01 Å². The van der Waals surface area contributed by atoms with E-state index >= 15 is 0 Å². The molecule has 8 nitrogen and oxygen atoms in total. The van der Waals surface area contributed by atoms with Gasteiger partial charge in [0, 0.05) is 44.9 Å². The summed E-state index contributed by atoms with van der Waals surface area (Å²) in [6.07, 6.45) is 7.15. The molecule has 3 aliphatic rings. The third kappa shape index (κ3) is 3.72. The van der Waals surface area contributed by atoms with Crippen molar-refractivity contribution in [2.45, 2.75) is 50.9 Å². The van der Waals surface area contributed by atoms with Gasteiger partial charge in [-0.1, -0.05) is 30.6 Å². The minimum absolute atomic E-state index is 0.0650. The van der Waals surface area contributed by atoms with Crippen molar-refractivity contribution in [3.8, 4) is 0 Å². The van der Waals surface area contributed by atoms with Crippen molar-refractivity contribution in [2.75, 3.05) is 31.1 Å².